The molecule has 1 aliphatic rings. The van der Waals surface area contributed by atoms with Gasteiger partial charge in [-0.25, -0.2) is 0 Å². The second-order valence-corrected chi connectivity index (χ2v) is 5.50. The summed E-state index contributed by atoms with van der Waals surface area (Å²) < 4.78 is 11.7. The second-order valence-electron chi connectivity index (χ2n) is 5.50. The van der Waals surface area contributed by atoms with Gasteiger partial charge in [0.2, 0.25) is 0 Å². The third-order valence-electron chi connectivity index (χ3n) is 3.99. The van der Waals surface area contributed by atoms with Gasteiger partial charge in [0.05, 0.1) is 13.2 Å². The van der Waals surface area contributed by atoms with Crippen LogP contribution >= 0.6 is 0 Å². The van der Waals surface area contributed by atoms with Crippen molar-refractivity contribution in [2.45, 2.75) is 6.42 Å². The minimum Gasteiger partial charge on any atom is -0.490 e. The van der Waals surface area contributed by atoms with Gasteiger partial charge in [-0.3, -0.25) is 4.79 Å². The van der Waals surface area contributed by atoms with Crippen molar-refractivity contribution in [3.8, 4) is 22.6 Å². The van der Waals surface area contributed by atoms with Crippen LogP contribution in [0, 0.1) is 0 Å². The van der Waals surface area contributed by atoms with Crippen molar-refractivity contribution >= 4 is 16.8 Å². The number of H-pyrrole nitrogens is 1. The SMILES string of the molecule is NC(=O)c1cc2c(-c3cccc4c3OCCCO4)cccc2[nH]1. The summed E-state index contributed by atoms with van der Waals surface area (Å²) in [5, 5.41) is 0.933. The van der Waals surface area contributed by atoms with E-state index < -0.39 is 5.91 Å². The molecule has 0 fully saturated rings. The number of nitrogens with two attached hydrogens (primary N) is 1. The number of carbonyl (C=O) groups excluding carboxylic acids is 1. The molecule has 0 saturated carbocycles. The number of amides is 1. The van der Waals surface area contributed by atoms with E-state index in [2.05, 4.69) is 4.98 Å². The molecule has 0 spiro atoms. The smallest absolute Gasteiger partial charge is 0.265 e. The molecule has 5 heteroatoms. The highest BCUT2D eigenvalue weighted by Gasteiger charge is 2.18. The fraction of sp³-hybridized carbons (Fsp3) is 0.167. The highest BCUT2D eigenvalue weighted by Crippen LogP contribution is 2.41. The Kier molecular flexibility index (Phi) is 3.19. The molecule has 116 valence electrons. The Labute approximate surface area is 133 Å². The van der Waals surface area contributed by atoms with E-state index in [1.807, 2.05) is 36.4 Å². The molecule has 1 aliphatic heterocycles. The monoisotopic (exact) mass is 308 g/mol. The number of aromatic nitrogens is 1. The lowest BCUT2D eigenvalue weighted by atomic mass is 10.00. The predicted octanol–water partition coefficient (Wildman–Crippen LogP) is 3.10. The van der Waals surface area contributed by atoms with Crippen molar-refractivity contribution in [3.63, 3.8) is 0 Å². The molecule has 5 nitrogen and oxygen atoms in total. The van der Waals surface area contributed by atoms with E-state index in [0.29, 0.717) is 18.9 Å². The van der Waals surface area contributed by atoms with Crippen LogP contribution in [0.4, 0.5) is 0 Å². The molecule has 2 heterocycles. The Bertz CT molecular complexity index is 898. The predicted molar refractivity (Wildman–Crippen MR) is 87.9 cm³/mol. The lowest BCUT2D eigenvalue weighted by Gasteiger charge is -2.13. The van der Waals surface area contributed by atoms with E-state index in [-0.39, 0.29) is 0 Å². The second kappa shape index (κ2) is 5.35. The van der Waals surface area contributed by atoms with Gasteiger partial charge in [-0.1, -0.05) is 24.3 Å². The Morgan fingerprint density at radius 1 is 1.04 bits per heavy atom. The molecule has 0 saturated heterocycles. The number of carbonyl (C=O) groups is 1. The average molecular weight is 308 g/mol. The zero-order valence-electron chi connectivity index (χ0n) is 12.5. The maximum absolute atomic E-state index is 11.4. The summed E-state index contributed by atoms with van der Waals surface area (Å²) in [4.78, 5) is 14.5. The molecule has 23 heavy (non-hydrogen) atoms. The lowest BCUT2D eigenvalue weighted by Crippen LogP contribution is -2.10. The molecule has 1 aromatic heterocycles. The van der Waals surface area contributed by atoms with Crippen LogP contribution in [-0.2, 0) is 0 Å². The average Bonchev–Trinajstić information content (AvgIpc) is 2.86. The molecule has 0 atom stereocenters. The number of primary amides is 1. The van der Waals surface area contributed by atoms with Crippen LogP contribution in [0.3, 0.4) is 0 Å². The van der Waals surface area contributed by atoms with Crippen molar-refractivity contribution in [1.82, 2.24) is 4.98 Å². The number of ether oxygens (including phenoxy) is 2. The molecule has 3 aromatic rings. The first kappa shape index (κ1) is 13.7. The molecule has 0 bridgehead atoms. The van der Waals surface area contributed by atoms with Gasteiger partial charge >= 0.3 is 0 Å². The zero-order chi connectivity index (χ0) is 15.8. The van der Waals surface area contributed by atoms with Crippen LogP contribution in [0.25, 0.3) is 22.0 Å². The summed E-state index contributed by atoms with van der Waals surface area (Å²) in [7, 11) is 0. The lowest BCUT2D eigenvalue weighted by molar-refractivity contribution is 0.0996. The fourth-order valence-corrected chi connectivity index (χ4v) is 2.93. The van der Waals surface area contributed by atoms with Crippen LogP contribution in [-0.4, -0.2) is 24.1 Å². The minimum atomic E-state index is -0.473. The summed E-state index contributed by atoms with van der Waals surface area (Å²) in [6.45, 7) is 1.27. The van der Waals surface area contributed by atoms with Crippen LogP contribution in [0.1, 0.15) is 16.9 Å². The van der Waals surface area contributed by atoms with Crippen LogP contribution in [0.15, 0.2) is 42.5 Å². The van der Waals surface area contributed by atoms with Gasteiger partial charge in [0.1, 0.15) is 5.69 Å². The first-order valence-electron chi connectivity index (χ1n) is 7.54. The van der Waals surface area contributed by atoms with Gasteiger partial charge in [-0.05, 0) is 23.8 Å². The van der Waals surface area contributed by atoms with Crippen LogP contribution < -0.4 is 15.2 Å². The molecule has 0 aliphatic carbocycles. The third-order valence-corrected chi connectivity index (χ3v) is 3.99. The Hall–Kier alpha value is -2.95. The number of nitrogens with one attached hydrogen (secondary N) is 1. The maximum atomic E-state index is 11.4. The first-order chi connectivity index (χ1) is 11.2. The molecule has 0 radical (unpaired) electrons. The Morgan fingerprint density at radius 2 is 1.83 bits per heavy atom. The highest BCUT2D eigenvalue weighted by molar-refractivity contribution is 6.03. The van der Waals surface area contributed by atoms with Crippen molar-refractivity contribution in [1.29, 1.82) is 0 Å². The normalized spacial score (nSPS) is 13.7. The standard InChI is InChI=1S/C18H16N2O3/c19-18(21)15-10-13-11(4-1-6-14(13)20-15)12-5-2-7-16-17(12)23-9-3-8-22-16/h1-2,4-7,10,20H,3,8-9H2,(H2,19,21). The van der Waals surface area contributed by atoms with Crippen molar-refractivity contribution < 1.29 is 14.3 Å². The van der Waals surface area contributed by atoms with E-state index in [9.17, 15) is 4.79 Å². The number of fused-ring (bicyclic) bond motifs is 2. The zero-order valence-corrected chi connectivity index (χ0v) is 12.5. The first-order valence-corrected chi connectivity index (χ1v) is 7.54. The third kappa shape index (κ3) is 2.30. The van der Waals surface area contributed by atoms with Gasteiger partial charge < -0.3 is 20.2 Å². The number of benzene rings is 2. The Balaban J connectivity index is 1.94. The summed E-state index contributed by atoms with van der Waals surface area (Å²) in [5.74, 6) is 1.03. The van der Waals surface area contributed by atoms with E-state index in [4.69, 9.17) is 15.2 Å². The topological polar surface area (TPSA) is 77.3 Å². The van der Waals surface area contributed by atoms with E-state index in [0.717, 1.165) is 39.9 Å². The summed E-state index contributed by atoms with van der Waals surface area (Å²) in [5.41, 5.74) is 8.57. The van der Waals surface area contributed by atoms with Gasteiger partial charge in [0.15, 0.2) is 11.5 Å². The molecular weight excluding hydrogens is 292 g/mol. The van der Waals surface area contributed by atoms with Crippen molar-refractivity contribution in [2.24, 2.45) is 5.73 Å². The van der Waals surface area contributed by atoms with Gasteiger partial charge in [0.25, 0.3) is 5.91 Å². The molecule has 3 N–H and O–H groups in total. The van der Waals surface area contributed by atoms with Gasteiger partial charge in [0, 0.05) is 22.9 Å². The maximum Gasteiger partial charge on any atom is 0.265 e. The van der Waals surface area contributed by atoms with Crippen LogP contribution in [0.5, 0.6) is 11.5 Å². The molecule has 2 aromatic carbocycles. The number of rotatable bonds is 2. The molecule has 1 amide bonds. The minimum absolute atomic E-state index is 0.395. The van der Waals surface area contributed by atoms with E-state index in [1.165, 1.54) is 0 Å². The number of hydrogen-bond acceptors (Lipinski definition) is 3. The highest BCUT2D eigenvalue weighted by atomic mass is 16.5. The van der Waals surface area contributed by atoms with Gasteiger partial charge in [-0.2, -0.15) is 0 Å². The number of para-hydroxylation sites is 1. The number of aromatic amines is 1. The number of hydrogen-bond donors (Lipinski definition) is 2. The molecule has 4 rings (SSSR count). The van der Waals surface area contributed by atoms with E-state index in [1.54, 1.807) is 6.07 Å². The summed E-state index contributed by atoms with van der Waals surface area (Å²) >= 11 is 0. The van der Waals surface area contributed by atoms with Crippen molar-refractivity contribution in [3.05, 3.63) is 48.2 Å². The van der Waals surface area contributed by atoms with Crippen molar-refractivity contribution in [2.75, 3.05) is 13.2 Å². The summed E-state index contributed by atoms with van der Waals surface area (Å²) in [6.07, 6.45) is 0.855. The van der Waals surface area contributed by atoms with Gasteiger partial charge in [-0.15, -0.1) is 0 Å². The summed E-state index contributed by atoms with van der Waals surface area (Å²) in [6, 6.07) is 13.5. The van der Waals surface area contributed by atoms with Crippen LogP contribution in [0.2, 0.25) is 0 Å². The quantitative estimate of drug-likeness (QED) is 0.763. The molecule has 0 unspecified atom stereocenters. The Morgan fingerprint density at radius 3 is 2.70 bits per heavy atom. The largest absolute Gasteiger partial charge is 0.490 e. The van der Waals surface area contributed by atoms with E-state index >= 15 is 0 Å². The fourth-order valence-electron chi connectivity index (χ4n) is 2.93. The molecular formula is C18H16N2O3.